The molecule has 24 heavy (non-hydrogen) atoms. The average Bonchev–Trinajstić information content (AvgIpc) is 2.53. The van der Waals surface area contributed by atoms with E-state index in [0.29, 0.717) is 23.1 Å². The number of carbonyl (C=O) groups is 1. The number of carboxylic acid groups (broad SMARTS) is 1. The lowest BCUT2D eigenvalue weighted by molar-refractivity contribution is -0.160. The Morgan fingerprint density at radius 1 is 1.29 bits per heavy atom. The van der Waals surface area contributed by atoms with Gasteiger partial charge in [-0.05, 0) is 29.7 Å². The lowest BCUT2D eigenvalue weighted by Crippen LogP contribution is -2.48. The molecule has 0 amide bonds. The number of alkyl halides is 2. The first-order chi connectivity index (χ1) is 11.3. The monoisotopic (exact) mass is 352 g/mol. The fourth-order valence-corrected chi connectivity index (χ4v) is 3.23. The fraction of sp³-hybridized carbons (Fsp3) is 0.278. The van der Waals surface area contributed by atoms with Crippen molar-refractivity contribution in [2.45, 2.75) is 25.4 Å². The van der Waals surface area contributed by atoms with Gasteiger partial charge in [-0.15, -0.1) is 0 Å². The SMILES string of the molecule is CC(F)(F)C1Oc2cc(-c3ccccc3)c(Cl)cc2CC1C(=O)O. The molecule has 0 saturated heterocycles. The Morgan fingerprint density at radius 2 is 1.96 bits per heavy atom. The van der Waals surface area contributed by atoms with Gasteiger partial charge in [0.15, 0.2) is 6.10 Å². The lowest BCUT2D eigenvalue weighted by Gasteiger charge is -2.35. The van der Waals surface area contributed by atoms with Crippen molar-refractivity contribution in [3.63, 3.8) is 0 Å². The van der Waals surface area contributed by atoms with E-state index in [2.05, 4.69) is 0 Å². The van der Waals surface area contributed by atoms with Crippen molar-refractivity contribution in [3.05, 3.63) is 53.1 Å². The van der Waals surface area contributed by atoms with Crippen LogP contribution >= 0.6 is 11.6 Å². The van der Waals surface area contributed by atoms with Crippen molar-refractivity contribution in [2.75, 3.05) is 0 Å². The molecule has 6 heteroatoms. The Labute approximate surface area is 142 Å². The van der Waals surface area contributed by atoms with Gasteiger partial charge in [-0.2, -0.15) is 0 Å². The Kier molecular flexibility index (Phi) is 4.22. The van der Waals surface area contributed by atoms with E-state index in [1.165, 1.54) is 0 Å². The number of fused-ring (bicyclic) bond motifs is 1. The predicted octanol–water partition coefficient (Wildman–Crippen LogP) is 4.67. The zero-order valence-electron chi connectivity index (χ0n) is 12.8. The molecular weight excluding hydrogens is 338 g/mol. The van der Waals surface area contributed by atoms with Crippen LogP contribution < -0.4 is 4.74 Å². The zero-order chi connectivity index (χ0) is 17.5. The maximum absolute atomic E-state index is 13.8. The third-order valence-corrected chi connectivity index (χ3v) is 4.42. The molecule has 3 rings (SSSR count). The van der Waals surface area contributed by atoms with Crippen LogP contribution in [0.1, 0.15) is 12.5 Å². The molecule has 2 aromatic carbocycles. The summed E-state index contributed by atoms with van der Waals surface area (Å²) in [5, 5.41) is 9.68. The van der Waals surface area contributed by atoms with Crippen LogP contribution in [0.3, 0.4) is 0 Å². The second-order valence-electron chi connectivity index (χ2n) is 5.95. The largest absolute Gasteiger partial charge is 0.483 e. The van der Waals surface area contributed by atoms with Crippen LogP contribution in [0.2, 0.25) is 5.02 Å². The number of ether oxygens (including phenoxy) is 1. The van der Waals surface area contributed by atoms with Crippen molar-refractivity contribution < 1.29 is 23.4 Å². The summed E-state index contributed by atoms with van der Waals surface area (Å²) in [5.41, 5.74) is 2.00. The standard InChI is InChI=1S/C18H15ClF2O3/c1-18(20,21)16-13(17(22)23)7-11-8-14(19)12(9-15(11)24-16)10-5-3-2-4-6-10/h2-6,8-9,13,16H,7H2,1H3,(H,22,23). The maximum atomic E-state index is 13.8. The van der Waals surface area contributed by atoms with E-state index in [0.717, 1.165) is 5.56 Å². The van der Waals surface area contributed by atoms with E-state index in [4.69, 9.17) is 16.3 Å². The van der Waals surface area contributed by atoms with Crippen molar-refractivity contribution >= 4 is 17.6 Å². The quantitative estimate of drug-likeness (QED) is 0.873. The summed E-state index contributed by atoms with van der Waals surface area (Å²) in [6.07, 6.45) is -1.76. The second-order valence-corrected chi connectivity index (χ2v) is 6.36. The highest BCUT2D eigenvalue weighted by Gasteiger charge is 2.48. The summed E-state index contributed by atoms with van der Waals surface area (Å²) in [7, 11) is 0. The van der Waals surface area contributed by atoms with E-state index >= 15 is 0 Å². The lowest BCUT2D eigenvalue weighted by atomic mass is 9.87. The van der Waals surface area contributed by atoms with Crippen molar-refractivity contribution in [3.8, 4) is 16.9 Å². The summed E-state index contributed by atoms with van der Waals surface area (Å²) in [6, 6.07) is 12.4. The molecule has 0 fully saturated rings. The highest BCUT2D eigenvalue weighted by Crippen LogP contribution is 2.42. The molecule has 1 aliphatic heterocycles. The molecule has 1 N–H and O–H groups in total. The van der Waals surface area contributed by atoms with Gasteiger partial charge in [0.05, 0.1) is 0 Å². The van der Waals surface area contributed by atoms with Crippen LogP contribution in [0.15, 0.2) is 42.5 Å². The molecule has 2 unspecified atom stereocenters. The van der Waals surface area contributed by atoms with Gasteiger partial charge < -0.3 is 9.84 Å². The Morgan fingerprint density at radius 3 is 2.54 bits per heavy atom. The Hall–Kier alpha value is -2.14. The van der Waals surface area contributed by atoms with Crippen LogP contribution in [0.25, 0.3) is 11.1 Å². The van der Waals surface area contributed by atoms with Gasteiger partial charge in [-0.25, -0.2) is 8.78 Å². The van der Waals surface area contributed by atoms with E-state index < -0.39 is 23.9 Å². The molecule has 1 aliphatic rings. The number of aliphatic carboxylic acids is 1. The normalized spacial score (nSPS) is 20.2. The Balaban J connectivity index is 2.06. The van der Waals surface area contributed by atoms with Gasteiger partial charge >= 0.3 is 5.97 Å². The minimum atomic E-state index is -3.27. The fourth-order valence-electron chi connectivity index (χ4n) is 2.94. The first kappa shape index (κ1) is 16.7. The zero-order valence-corrected chi connectivity index (χ0v) is 13.6. The van der Waals surface area contributed by atoms with E-state index in [1.54, 1.807) is 12.1 Å². The molecule has 0 aliphatic carbocycles. The number of benzene rings is 2. The summed E-state index contributed by atoms with van der Waals surface area (Å²) in [6.45, 7) is 0.673. The smallest absolute Gasteiger partial charge is 0.310 e. The molecule has 2 aromatic rings. The van der Waals surface area contributed by atoms with Crippen LogP contribution in [0.5, 0.6) is 5.75 Å². The minimum Gasteiger partial charge on any atom is -0.483 e. The highest BCUT2D eigenvalue weighted by atomic mass is 35.5. The number of hydrogen-bond donors (Lipinski definition) is 1. The molecule has 0 radical (unpaired) electrons. The summed E-state index contributed by atoms with van der Waals surface area (Å²) in [5.74, 6) is -5.65. The molecule has 126 valence electrons. The first-order valence-corrected chi connectivity index (χ1v) is 7.80. The van der Waals surface area contributed by atoms with Crippen LogP contribution in [-0.4, -0.2) is 23.1 Å². The third kappa shape index (κ3) is 3.08. The molecular formula is C18H15ClF2O3. The van der Waals surface area contributed by atoms with Gasteiger partial charge in [0.1, 0.15) is 11.7 Å². The van der Waals surface area contributed by atoms with Crippen molar-refractivity contribution in [1.82, 2.24) is 0 Å². The second kappa shape index (κ2) is 6.06. The minimum absolute atomic E-state index is 0.0481. The molecule has 0 spiro atoms. The van der Waals surface area contributed by atoms with Gasteiger partial charge in [-0.1, -0.05) is 41.9 Å². The van der Waals surface area contributed by atoms with Crippen LogP contribution in [-0.2, 0) is 11.2 Å². The van der Waals surface area contributed by atoms with Gasteiger partial charge in [0.2, 0.25) is 0 Å². The summed E-state index contributed by atoms with van der Waals surface area (Å²) < 4.78 is 33.0. The van der Waals surface area contributed by atoms with Crippen LogP contribution in [0, 0.1) is 5.92 Å². The van der Waals surface area contributed by atoms with Gasteiger partial charge in [0.25, 0.3) is 5.92 Å². The summed E-state index contributed by atoms with van der Waals surface area (Å²) >= 11 is 6.30. The number of rotatable bonds is 3. The third-order valence-electron chi connectivity index (χ3n) is 4.11. The van der Waals surface area contributed by atoms with Crippen LogP contribution in [0.4, 0.5) is 8.78 Å². The van der Waals surface area contributed by atoms with E-state index in [-0.39, 0.29) is 12.2 Å². The average molecular weight is 353 g/mol. The number of carboxylic acids is 1. The number of hydrogen-bond acceptors (Lipinski definition) is 2. The Bertz CT molecular complexity index is 772. The first-order valence-electron chi connectivity index (χ1n) is 7.42. The molecule has 1 heterocycles. The maximum Gasteiger partial charge on any atom is 0.310 e. The van der Waals surface area contributed by atoms with Crippen molar-refractivity contribution in [2.24, 2.45) is 5.92 Å². The topological polar surface area (TPSA) is 46.5 Å². The summed E-state index contributed by atoms with van der Waals surface area (Å²) in [4.78, 5) is 11.3. The molecule has 0 saturated carbocycles. The molecule has 0 aromatic heterocycles. The van der Waals surface area contributed by atoms with E-state index in [9.17, 15) is 18.7 Å². The van der Waals surface area contributed by atoms with Crippen molar-refractivity contribution in [1.29, 1.82) is 0 Å². The van der Waals surface area contributed by atoms with E-state index in [1.807, 2.05) is 30.3 Å². The molecule has 0 bridgehead atoms. The van der Waals surface area contributed by atoms with Gasteiger partial charge in [0, 0.05) is 17.5 Å². The predicted molar refractivity (Wildman–Crippen MR) is 86.8 cm³/mol. The molecule has 2 atom stereocenters. The number of halogens is 3. The van der Waals surface area contributed by atoms with Gasteiger partial charge in [-0.3, -0.25) is 4.79 Å². The molecule has 3 nitrogen and oxygen atoms in total. The highest BCUT2D eigenvalue weighted by molar-refractivity contribution is 6.33.